The Morgan fingerprint density at radius 1 is 0.938 bits per heavy atom. The van der Waals surface area contributed by atoms with Crippen molar-refractivity contribution in [1.82, 2.24) is 9.88 Å². The van der Waals surface area contributed by atoms with Gasteiger partial charge in [-0.15, -0.1) is 0 Å². The number of fused-ring (bicyclic) bond motifs is 1. The van der Waals surface area contributed by atoms with Crippen molar-refractivity contribution in [1.29, 1.82) is 0 Å². The maximum absolute atomic E-state index is 12.9. The van der Waals surface area contributed by atoms with Gasteiger partial charge in [0.15, 0.2) is 0 Å². The highest BCUT2D eigenvalue weighted by Crippen LogP contribution is 2.39. The van der Waals surface area contributed by atoms with E-state index in [0.29, 0.717) is 5.92 Å². The standard InChI is InChI=1S/C25H27N3O3S/c1-18-5-11-23(12-6-18)32(29,30)31-25-24-17-28(16-21(24)15-27(25)2)22-9-7-19(8-10-22)20-4-3-13-26-14-20/h3-14,21,24-25H,15-17H2,1-2H3. The molecule has 2 saturated heterocycles. The third kappa shape index (κ3) is 4.03. The van der Waals surface area contributed by atoms with Crippen LogP contribution in [0.1, 0.15) is 5.56 Å². The minimum absolute atomic E-state index is 0.137. The quantitative estimate of drug-likeness (QED) is 0.553. The number of likely N-dealkylation sites (tertiary alicyclic amines) is 1. The number of hydrogen-bond donors (Lipinski definition) is 0. The molecule has 3 atom stereocenters. The summed E-state index contributed by atoms with van der Waals surface area (Å²) in [7, 11) is -1.87. The molecule has 0 amide bonds. The van der Waals surface area contributed by atoms with Crippen LogP contribution in [0, 0.1) is 18.8 Å². The lowest BCUT2D eigenvalue weighted by atomic mass is 10.00. The summed E-state index contributed by atoms with van der Waals surface area (Å²) < 4.78 is 31.6. The highest BCUT2D eigenvalue weighted by molar-refractivity contribution is 7.86. The normalized spacial score (nSPS) is 23.4. The minimum atomic E-state index is -3.82. The van der Waals surface area contributed by atoms with E-state index in [0.717, 1.165) is 42.0 Å². The molecule has 2 aliphatic heterocycles. The van der Waals surface area contributed by atoms with Gasteiger partial charge in [-0.3, -0.25) is 9.88 Å². The van der Waals surface area contributed by atoms with Gasteiger partial charge in [0.2, 0.25) is 0 Å². The van der Waals surface area contributed by atoms with Crippen molar-refractivity contribution >= 4 is 15.8 Å². The maximum Gasteiger partial charge on any atom is 0.298 e. The highest BCUT2D eigenvalue weighted by Gasteiger charge is 2.48. The predicted molar refractivity (Wildman–Crippen MR) is 125 cm³/mol. The molecule has 2 fully saturated rings. The zero-order valence-electron chi connectivity index (χ0n) is 18.3. The van der Waals surface area contributed by atoms with E-state index in [9.17, 15) is 8.42 Å². The topological polar surface area (TPSA) is 62.7 Å². The number of benzene rings is 2. The molecule has 3 heterocycles. The Kier molecular flexibility index (Phi) is 5.49. The fourth-order valence-electron chi connectivity index (χ4n) is 4.86. The van der Waals surface area contributed by atoms with E-state index in [-0.39, 0.29) is 10.8 Å². The largest absolute Gasteiger partial charge is 0.371 e. The molecule has 3 unspecified atom stereocenters. The summed E-state index contributed by atoms with van der Waals surface area (Å²) in [6.45, 7) is 4.42. The van der Waals surface area contributed by atoms with E-state index < -0.39 is 16.3 Å². The maximum atomic E-state index is 12.9. The van der Waals surface area contributed by atoms with Crippen molar-refractivity contribution < 1.29 is 12.6 Å². The molecular formula is C25H27N3O3S. The van der Waals surface area contributed by atoms with Crippen LogP contribution in [0.15, 0.2) is 78.0 Å². The molecule has 2 aliphatic rings. The van der Waals surface area contributed by atoms with Gasteiger partial charge >= 0.3 is 0 Å². The average molecular weight is 450 g/mol. The molecule has 6 nitrogen and oxygen atoms in total. The van der Waals surface area contributed by atoms with Crippen LogP contribution < -0.4 is 4.90 Å². The van der Waals surface area contributed by atoms with E-state index in [2.05, 4.69) is 40.2 Å². The summed E-state index contributed by atoms with van der Waals surface area (Å²) in [5.74, 6) is 0.509. The number of aryl methyl sites for hydroxylation is 1. The molecule has 5 rings (SSSR count). The van der Waals surface area contributed by atoms with Crippen LogP contribution in [0.4, 0.5) is 5.69 Å². The van der Waals surface area contributed by atoms with Gasteiger partial charge in [-0.25, -0.2) is 4.18 Å². The lowest BCUT2D eigenvalue weighted by Crippen LogP contribution is -2.37. The van der Waals surface area contributed by atoms with Crippen molar-refractivity contribution in [2.75, 3.05) is 31.6 Å². The smallest absolute Gasteiger partial charge is 0.298 e. The first-order valence-electron chi connectivity index (χ1n) is 10.9. The Balaban J connectivity index is 1.31. The summed E-state index contributed by atoms with van der Waals surface area (Å²) in [4.78, 5) is 8.77. The van der Waals surface area contributed by atoms with Gasteiger partial charge in [0.1, 0.15) is 6.23 Å². The average Bonchev–Trinajstić information content (AvgIpc) is 3.33. The molecule has 7 heteroatoms. The van der Waals surface area contributed by atoms with Crippen molar-refractivity contribution in [3.05, 3.63) is 78.6 Å². The molecule has 32 heavy (non-hydrogen) atoms. The van der Waals surface area contributed by atoms with Crippen LogP contribution in [0.2, 0.25) is 0 Å². The first-order chi connectivity index (χ1) is 15.4. The Bertz CT molecular complexity index is 1180. The van der Waals surface area contributed by atoms with Crippen LogP contribution in [-0.2, 0) is 14.3 Å². The Morgan fingerprint density at radius 2 is 1.69 bits per heavy atom. The van der Waals surface area contributed by atoms with Crippen molar-refractivity contribution in [3.63, 3.8) is 0 Å². The molecule has 0 aliphatic carbocycles. The van der Waals surface area contributed by atoms with Gasteiger partial charge in [0.05, 0.1) is 4.90 Å². The first kappa shape index (κ1) is 21.1. The molecule has 0 N–H and O–H groups in total. The second kappa shape index (κ2) is 8.31. The highest BCUT2D eigenvalue weighted by atomic mass is 32.2. The van der Waals surface area contributed by atoms with Gasteiger partial charge in [-0.05, 0) is 61.3 Å². The molecule has 0 saturated carbocycles. The molecule has 1 aromatic heterocycles. The van der Waals surface area contributed by atoms with E-state index in [1.807, 2.05) is 31.1 Å². The van der Waals surface area contributed by atoms with E-state index >= 15 is 0 Å². The molecule has 166 valence electrons. The number of aromatic nitrogens is 1. The van der Waals surface area contributed by atoms with Crippen molar-refractivity contribution in [3.8, 4) is 11.1 Å². The van der Waals surface area contributed by atoms with Gasteiger partial charge in [-0.1, -0.05) is 35.9 Å². The summed E-state index contributed by atoms with van der Waals surface area (Å²) in [6, 6.07) is 19.3. The predicted octanol–water partition coefficient (Wildman–Crippen LogP) is 3.79. The third-order valence-corrected chi connectivity index (χ3v) is 7.88. The van der Waals surface area contributed by atoms with Gasteiger partial charge < -0.3 is 4.90 Å². The number of nitrogens with zero attached hydrogens (tertiary/aromatic N) is 3. The zero-order valence-corrected chi connectivity index (χ0v) is 19.1. The monoisotopic (exact) mass is 449 g/mol. The Hall–Kier alpha value is -2.74. The van der Waals surface area contributed by atoms with Crippen LogP contribution in [0.3, 0.4) is 0 Å². The summed E-state index contributed by atoms with van der Waals surface area (Å²) in [5.41, 5.74) is 4.39. The van der Waals surface area contributed by atoms with Crippen LogP contribution in [-0.4, -0.2) is 51.2 Å². The molecule has 0 radical (unpaired) electrons. The fraction of sp³-hybridized carbons (Fsp3) is 0.320. The third-order valence-electron chi connectivity index (χ3n) is 6.58. The minimum Gasteiger partial charge on any atom is -0.371 e. The van der Waals surface area contributed by atoms with Crippen LogP contribution in [0.5, 0.6) is 0 Å². The summed E-state index contributed by atoms with van der Waals surface area (Å²) in [5, 5.41) is 0. The van der Waals surface area contributed by atoms with Crippen molar-refractivity contribution in [2.45, 2.75) is 18.0 Å². The number of anilines is 1. The number of hydrogen-bond acceptors (Lipinski definition) is 6. The molecular weight excluding hydrogens is 422 g/mol. The second-order valence-electron chi connectivity index (χ2n) is 8.81. The molecule has 0 bridgehead atoms. The van der Waals surface area contributed by atoms with E-state index in [1.54, 1.807) is 30.5 Å². The van der Waals surface area contributed by atoms with Gasteiger partial charge in [0, 0.05) is 43.6 Å². The molecule has 3 aromatic rings. The van der Waals surface area contributed by atoms with Crippen molar-refractivity contribution in [2.24, 2.45) is 11.8 Å². The van der Waals surface area contributed by atoms with E-state index in [1.165, 1.54) is 0 Å². The van der Waals surface area contributed by atoms with Crippen LogP contribution >= 0.6 is 0 Å². The molecule has 2 aromatic carbocycles. The van der Waals surface area contributed by atoms with E-state index in [4.69, 9.17) is 4.18 Å². The Morgan fingerprint density at radius 3 is 2.38 bits per heavy atom. The number of pyridine rings is 1. The van der Waals surface area contributed by atoms with Gasteiger partial charge in [0.25, 0.3) is 10.1 Å². The van der Waals surface area contributed by atoms with Gasteiger partial charge in [-0.2, -0.15) is 8.42 Å². The first-order valence-corrected chi connectivity index (χ1v) is 12.3. The number of rotatable bonds is 5. The lowest BCUT2D eigenvalue weighted by Gasteiger charge is -2.27. The van der Waals surface area contributed by atoms with Crippen LogP contribution in [0.25, 0.3) is 11.1 Å². The summed E-state index contributed by atoms with van der Waals surface area (Å²) >= 11 is 0. The fourth-order valence-corrected chi connectivity index (χ4v) is 5.99. The second-order valence-corrected chi connectivity index (χ2v) is 10.4. The zero-order chi connectivity index (χ0) is 22.3. The molecule has 0 spiro atoms. The Labute approximate surface area is 189 Å². The lowest BCUT2D eigenvalue weighted by molar-refractivity contribution is 0.0569. The summed E-state index contributed by atoms with van der Waals surface area (Å²) in [6.07, 6.45) is 3.18. The SMILES string of the molecule is Cc1ccc(S(=O)(=O)OC2C3CN(c4ccc(-c5cccnc5)cc4)CC3CN2C)cc1.